The quantitative estimate of drug-likeness (QED) is 0.427. The number of piperazine rings is 1. The van der Waals surface area contributed by atoms with Crippen LogP contribution in [0.4, 0.5) is 18.9 Å². The summed E-state index contributed by atoms with van der Waals surface area (Å²) in [5.41, 5.74) is 1.36. The molecule has 2 heterocycles. The number of amides is 1. The number of aryl methyl sites for hydroxylation is 1. The number of alkyl halides is 3. The Morgan fingerprint density at radius 3 is 2.51 bits per heavy atom. The molecule has 5 nitrogen and oxygen atoms in total. The van der Waals surface area contributed by atoms with Gasteiger partial charge in [-0.05, 0) is 50.2 Å². The molecule has 0 saturated carbocycles. The van der Waals surface area contributed by atoms with E-state index in [0.717, 1.165) is 23.0 Å². The Bertz CT molecular complexity index is 1320. The first-order valence-corrected chi connectivity index (χ1v) is 11.4. The van der Waals surface area contributed by atoms with Crippen LogP contribution < -0.4 is 4.74 Å². The molecule has 35 heavy (non-hydrogen) atoms. The van der Waals surface area contributed by atoms with Crippen LogP contribution in [0.25, 0.3) is 0 Å². The predicted molar refractivity (Wildman–Crippen MR) is 127 cm³/mol. The van der Waals surface area contributed by atoms with Gasteiger partial charge < -0.3 is 14.5 Å². The number of aliphatic imine (C=N–C) groups is 1. The number of amidine groups is 1. The lowest BCUT2D eigenvalue weighted by Crippen LogP contribution is -2.55. The molecule has 1 fully saturated rings. The summed E-state index contributed by atoms with van der Waals surface area (Å²) in [6.07, 6.45) is -4.60. The molecular formula is C27H24F3N3O2. The maximum Gasteiger partial charge on any atom is 0.417 e. The summed E-state index contributed by atoms with van der Waals surface area (Å²) < 4.78 is 46.7. The molecule has 8 heteroatoms. The van der Waals surface area contributed by atoms with Crippen LogP contribution in [0.3, 0.4) is 0 Å². The van der Waals surface area contributed by atoms with Gasteiger partial charge in [-0.1, -0.05) is 35.9 Å². The Hall–Kier alpha value is -3.81. The zero-order valence-corrected chi connectivity index (χ0v) is 19.3. The molecule has 0 spiro atoms. The van der Waals surface area contributed by atoms with E-state index in [0.29, 0.717) is 30.3 Å². The smallest absolute Gasteiger partial charge is 0.417 e. The van der Waals surface area contributed by atoms with Crippen molar-refractivity contribution in [2.24, 2.45) is 4.99 Å². The van der Waals surface area contributed by atoms with Gasteiger partial charge in [-0.3, -0.25) is 4.79 Å². The van der Waals surface area contributed by atoms with E-state index >= 15 is 0 Å². The molecule has 0 N–H and O–H groups in total. The van der Waals surface area contributed by atoms with Gasteiger partial charge >= 0.3 is 6.18 Å². The first-order valence-electron chi connectivity index (χ1n) is 11.4. The normalized spacial score (nSPS) is 17.6. The monoisotopic (exact) mass is 479 g/mol. The minimum atomic E-state index is -4.60. The third-order valence-electron chi connectivity index (χ3n) is 6.34. The molecule has 1 saturated heterocycles. The van der Waals surface area contributed by atoms with E-state index in [-0.39, 0.29) is 18.2 Å². The molecule has 180 valence electrons. The molecule has 2 aliphatic rings. The number of para-hydroxylation sites is 2. The van der Waals surface area contributed by atoms with Crippen LogP contribution in [0.15, 0.2) is 71.7 Å². The summed E-state index contributed by atoms with van der Waals surface area (Å²) in [6.45, 7) is 4.97. The number of halogens is 3. The minimum absolute atomic E-state index is 0.273. The van der Waals surface area contributed by atoms with E-state index in [2.05, 4.69) is 4.90 Å². The number of ether oxygens (including phenoxy) is 1. The van der Waals surface area contributed by atoms with Crippen molar-refractivity contribution in [3.8, 4) is 11.5 Å². The van der Waals surface area contributed by atoms with E-state index in [1.807, 2.05) is 56.3 Å². The second-order valence-corrected chi connectivity index (χ2v) is 8.84. The zero-order valence-electron chi connectivity index (χ0n) is 19.3. The molecule has 0 aliphatic carbocycles. The van der Waals surface area contributed by atoms with Crippen LogP contribution in [-0.4, -0.2) is 47.2 Å². The zero-order chi connectivity index (χ0) is 24.7. The van der Waals surface area contributed by atoms with Gasteiger partial charge in [-0.2, -0.15) is 13.2 Å². The van der Waals surface area contributed by atoms with Gasteiger partial charge in [0.15, 0.2) is 5.75 Å². The average Bonchev–Trinajstić information content (AvgIpc) is 2.99. The SMILES string of the molecule is Cc1ccc2c(c1)C(N1CCN(C(=O)c3ccccc3C(F)(F)F)C(C)C1)=Nc1ccccc1O2. The van der Waals surface area contributed by atoms with E-state index in [9.17, 15) is 18.0 Å². The fraction of sp³-hybridized carbons (Fsp3) is 0.259. The third kappa shape index (κ3) is 4.36. The van der Waals surface area contributed by atoms with Crippen molar-refractivity contribution in [2.45, 2.75) is 26.1 Å². The molecule has 3 aromatic carbocycles. The number of fused-ring (bicyclic) bond motifs is 2. The minimum Gasteiger partial charge on any atom is -0.454 e. The van der Waals surface area contributed by atoms with Gasteiger partial charge in [0.1, 0.15) is 17.3 Å². The predicted octanol–water partition coefficient (Wildman–Crippen LogP) is 6.04. The highest BCUT2D eigenvalue weighted by Crippen LogP contribution is 2.39. The van der Waals surface area contributed by atoms with Crippen LogP contribution in [-0.2, 0) is 6.18 Å². The highest BCUT2D eigenvalue weighted by atomic mass is 19.4. The van der Waals surface area contributed by atoms with Crippen molar-refractivity contribution >= 4 is 17.4 Å². The van der Waals surface area contributed by atoms with Crippen LogP contribution in [0.2, 0.25) is 0 Å². The number of hydrogen-bond donors (Lipinski definition) is 0. The highest BCUT2D eigenvalue weighted by Gasteiger charge is 2.38. The summed E-state index contributed by atoms with van der Waals surface area (Å²) >= 11 is 0. The van der Waals surface area contributed by atoms with E-state index < -0.39 is 17.6 Å². The lowest BCUT2D eigenvalue weighted by atomic mass is 10.0. The number of carbonyl (C=O) groups is 1. The lowest BCUT2D eigenvalue weighted by molar-refractivity contribution is -0.138. The highest BCUT2D eigenvalue weighted by molar-refractivity contribution is 6.04. The number of benzene rings is 3. The Morgan fingerprint density at radius 2 is 1.74 bits per heavy atom. The lowest BCUT2D eigenvalue weighted by Gasteiger charge is -2.41. The molecule has 1 unspecified atom stereocenters. The summed E-state index contributed by atoms with van der Waals surface area (Å²) in [7, 11) is 0. The molecule has 1 amide bonds. The largest absolute Gasteiger partial charge is 0.454 e. The van der Waals surface area contributed by atoms with Crippen molar-refractivity contribution in [1.29, 1.82) is 0 Å². The van der Waals surface area contributed by atoms with Crippen LogP contribution in [0, 0.1) is 6.92 Å². The molecule has 0 radical (unpaired) electrons. The van der Waals surface area contributed by atoms with Crippen LogP contribution in [0.5, 0.6) is 11.5 Å². The summed E-state index contributed by atoms with van der Waals surface area (Å²) in [5, 5.41) is 0. The van der Waals surface area contributed by atoms with Crippen molar-refractivity contribution in [2.75, 3.05) is 19.6 Å². The maximum absolute atomic E-state index is 13.5. The van der Waals surface area contributed by atoms with Crippen molar-refractivity contribution in [1.82, 2.24) is 9.80 Å². The number of rotatable bonds is 1. The summed E-state index contributed by atoms with van der Waals surface area (Å²) in [4.78, 5) is 21.7. The van der Waals surface area contributed by atoms with E-state index in [1.165, 1.54) is 23.1 Å². The first kappa shape index (κ1) is 23.0. The molecule has 3 aromatic rings. The first-order chi connectivity index (χ1) is 16.7. The summed E-state index contributed by atoms with van der Waals surface area (Å²) in [5.74, 6) is 1.45. The molecular weight excluding hydrogens is 455 g/mol. The van der Waals surface area contributed by atoms with Gasteiger partial charge in [-0.15, -0.1) is 0 Å². The Balaban J connectivity index is 1.46. The van der Waals surface area contributed by atoms with Crippen LogP contribution >= 0.6 is 0 Å². The molecule has 5 rings (SSSR count). The molecule has 1 atom stereocenters. The van der Waals surface area contributed by atoms with Gasteiger partial charge in [-0.25, -0.2) is 4.99 Å². The average molecular weight is 480 g/mol. The number of hydrogen-bond acceptors (Lipinski definition) is 4. The molecule has 0 aromatic heterocycles. The van der Waals surface area contributed by atoms with Gasteiger partial charge in [0.05, 0.1) is 16.7 Å². The molecule has 2 aliphatic heterocycles. The molecule has 0 bridgehead atoms. The van der Waals surface area contributed by atoms with Gasteiger partial charge in [0.2, 0.25) is 0 Å². The Labute approximate surface area is 201 Å². The van der Waals surface area contributed by atoms with Gasteiger partial charge in [0, 0.05) is 25.7 Å². The number of carbonyl (C=O) groups excluding carboxylic acids is 1. The van der Waals surface area contributed by atoms with Crippen molar-refractivity contribution in [3.63, 3.8) is 0 Å². The summed E-state index contributed by atoms with van der Waals surface area (Å²) in [6, 6.07) is 18.0. The fourth-order valence-electron chi connectivity index (χ4n) is 4.60. The Morgan fingerprint density at radius 1 is 1.00 bits per heavy atom. The fourth-order valence-corrected chi connectivity index (χ4v) is 4.60. The standard InChI is InChI=1S/C27H24F3N3O2/c1-17-11-12-23-20(15-17)25(31-22-9-5-6-10-24(22)35-23)32-13-14-33(18(2)16-32)26(34)19-7-3-4-8-21(19)27(28,29)30/h3-12,15,18H,13-14,16H2,1-2H3. The van der Waals surface area contributed by atoms with Crippen molar-refractivity contribution < 1.29 is 22.7 Å². The van der Waals surface area contributed by atoms with E-state index in [4.69, 9.17) is 9.73 Å². The number of nitrogens with zero attached hydrogens (tertiary/aromatic N) is 3. The second-order valence-electron chi connectivity index (χ2n) is 8.84. The van der Waals surface area contributed by atoms with E-state index in [1.54, 1.807) is 0 Å². The topological polar surface area (TPSA) is 45.1 Å². The second kappa shape index (κ2) is 8.76. The van der Waals surface area contributed by atoms with Crippen molar-refractivity contribution in [3.05, 3.63) is 89.0 Å². The Kier molecular flexibility index (Phi) is 5.75. The van der Waals surface area contributed by atoms with Gasteiger partial charge in [0.25, 0.3) is 5.91 Å². The maximum atomic E-state index is 13.5. The third-order valence-corrected chi connectivity index (χ3v) is 6.34. The van der Waals surface area contributed by atoms with Crippen LogP contribution in [0.1, 0.15) is 34.0 Å².